The molecule has 6 nitrogen and oxygen atoms in total. The second-order valence-electron chi connectivity index (χ2n) is 5.46. The zero-order valence-corrected chi connectivity index (χ0v) is 12.6. The Morgan fingerprint density at radius 2 is 1.82 bits per heavy atom. The second-order valence-corrected chi connectivity index (χ2v) is 5.46. The molecule has 118 valence electrons. The van der Waals surface area contributed by atoms with Crippen LogP contribution in [-0.2, 0) is 19.1 Å². The maximum Gasteiger partial charge on any atom is 0.344 e. The fraction of sp³-hybridized carbons (Fsp3) is 0.438. The van der Waals surface area contributed by atoms with Gasteiger partial charge in [-0.15, -0.1) is 0 Å². The molecule has 1 aromatic carbocycles. The van der Waals surface area contributed by atoms with Crippen molar-refractivity contribution >= 4 is 23.5 Å². The molecule has 6 heteroatoms. The van der Waals surface area contributed by atoms with Crippen LogP contribution in [0, 0.1) is 5.92 Å². The summed E-state index contributed by atoms with van der Waals surface area (Å²) in [5, 5.41) is 2.78. The van der Waals surface area contributed by atoms with Gasteiger partial charge in [-0.2, -0.15) is 0 Å². The highest BCUT2D eigenvalue weighted by Gasteiger charge is 2.29. The highest BCUT2D eigenvalue weighted by atomic mass is 16.6. The zero-order valence-electron chi connectivity index (χ0n) is 12.6. The first-order chi connectivity index (χ1) is 10.5. The predicted molar refractivity (Wildman–Crippen MR) is 79.3 cm³/mol. The highest BCUT2D eigenvalue weighted by molar-refractivity contribution is 5.95. The van der Waals surface area contributed by atoms with Gasteiger partial charge in [0.05, 0.1) is 11.7 Å². The van der Waals surface area contributed by atoms with E-state index < -0.39 is 18.5 Å². The van der Waals surface area contributed by atoms with Gasteiger partial charge in [-0.05, 0) is 51.0 Å². The van der Waals surface area contributed by atoms with Crippen molar-refractivity contribution in [3.63, 3.8) is 0 Å². The first-order valence-corrected chi connectivity index (χ1v) is 7.23. The topological polar surface area (TPSA) is 81.7 Å². The largest absolute Gasteiger partial charge is 0.460 e. The van der Waals surface area contributed by atoms with Crippen LogP contribution in [0.2, 0.25) is 0 Å². The van der Waals surface area contributed by atoms with E-state index in [2.05, 4.69) is 5.32 Å². The zero-order chi connectivity index (χ0) is 16.1. The maximum absolute atomic E-state index is 11.8. The van der Waals surface area contributed by atoms with E-state index in [1.807, 2.05) is 0 Å². The molecular weight excluding hydrogens is 286 g/mol. The van der Waals surface area contributed by atoms with Gasteiger partial charge in [-0.3, -0.25) is 4.79 Å². The van der Waals surface area contributed by atoms with Crippen LogP contribution in [0.5, 0.6) is 0 Å². The van der Waals surface area contributed by atoms with Crippen molar-refractivity contribution in [1.29, 1.82) is 0 Å². The van der Waals surface area contributed by atoms with Gasteiger partial charge in [0.25, 0.3) is 0 Å². The van der Waals surface area contributed by atoms with Gasteiger partial charge in [-0.1, -0.05) is 0 Å². The number of benzene rings is 1. The fourth-order valence-corrected chi connectivity index (χ4v) is 1.78. The van der Waals surface area contributed by atoms with E-state index in [9.17, 15) is 14.4 Å². The van der Waals surface area contributed by atoms with Gasteiger partial charge in [-0.25, -0.2) is 9.59 Å². The molecule has 0 atom stereocenters. The van der Waals surface area contributed by atoms with Gasteiger partial charge in [0.1, 0.15) is 0 Å². The number of hydrogen-bond acceptors (Lipinski definition) is 5. The number of hydrogen-bond donors (Lipinski definition) is 1. The van der Waals surface area contributed by atoms with E-state index >= 15 is 0 Å². The molecule has 0 radical (unpaired) electrons. The maximum atomic E-state index is 11.8. The average molecular weight is 305 g/mol. The Bertz CT molecular complexity index is 560. The summed E-state index contributed by atoms with van der Waals surface area (Å²) in [6, 6.07) is 6.34. The third-order valence-electron chi connectivity index (χ3n) is 3.02. The molecule has 0 saturated heterocycles. The van der Waals surface area contributed by atoms with Crippen LogP contribution < -0.4 is 5.32 Å². The Balaban J connectivity index is 1.82. The third kappa shape index (κ3) is 4.87. The monoisotopic (exact) mass is 305 g/mol. The number of anilines is 1. The quantitative estimate of drug-likeness (QED) is 0.814. The highest BCUT2D eigenvalue weighted by Crippen LogP contribution is 2.30. The lowest BCUT2D eigenvalue weighted by molar-refractivity contribution is -0.151. The average Bonchev–Trinajstić information content (AvgIpc) is 3.29. The minimum absolute atomic E-state index is 0.00626. The van der Waals surface area contributed by atoms with Gasteiger partial charge >= 0.3 is 11.9 Å². The Morgan fingerprint density at radius 3 is 2.36 bits per heavy atom. The molecule has 0 unspecified atom stereocenters. The number of esters is 2. The SMILES string of the molecule is CC(C)OC(=O)COC(=O)c1ccc(NC(=O)C2CC2)cc1. The molecule has 2 rings (SSSR count). The fourth-order valence-electron chi connectivity index (χ4n) is 1.78. The first kappa shape index (κ1) is 16.0. The van der Waals surface area contributed by atoms with Crippen molar-refractivity contribution < 1.29 is 23.9 Å². The molecule has 1 N–H and O–H groups in total. The lowest BCUT2D eigenvalue weighted by Gasteiger charge is -2.09. The van der Waals surface area contributed by atoms with Crippen LogP contribution in [0.4, 0.5) is 5.69 Å². The van der Waals surface area contributed by atoms with E-state index in [0.29, 0.717) is 11.3 Å². The lowest BCUT2D eigenvalue weighted by Crippen LogP contribution is -2.19. The number of carbonyl (C=O) groups is 3. The summed E-state index contributed by atoms with van der Waals surface area (Å²) in [6.45, 7) is 3.01. The molecule has 1 aromatic rings. The van der Waals surface area contributed by atoms with E-state index in [1.165, 1.54) is 0 Å². The summed E-state index contributed by atoms with van der Waals surface area (Å²) in [6.07, 6.45) is 1.62. The van der Waals surface area contributed by atoms with Crippen LogP contribution in [0.3, 0.4) is 0 Å². The van der Waals surface area contributed by atoms with E-state index in [4.69, 9.17) is 9.47 Å². The molecule has 0 aliphatic heterocycles. The first-order valence-electron chi connectivity index (χ1n) is 7.23. The summed E-state index contributed by atoms with van der Waals surface area (Å²) in [7, 11) is 0. The van der Waals surface area contributed by atoms with Crippen LogP contribution in [0.1, 0.15) is 37.0 Å². The molecule has 1 aliphatic carbocycles. The Kier molecular flexibility index (Phi) is 5.14. The van der Waals surface area contributed by atoms with E-state index in [0.717, 1.165) is 12.8 Å². The van der Waals surface area contributed by atoms with Crippen LogP contribution in [0.25, 0.3) is 0 Å². The van der Waals surface area contributed by atoms with Crippen molar-refractivity contribution in [2.45, 2.75) is 32.8 Å². The van der Waals surface area contributed by atoms with Crippen molar-refractivity contribution in [3.05, 3.63) is 29.8 Å². The molecule has 1 aliphatic rings. The summed E-state index contributed by atoms with van der Waals surface area (Å²) in [4.78, 5) is 34.7. The molecule has 1 fully saturated rings. The van der Waals surface area contributed by atoms with Gasteiger partial charge in [0, 0.05) is 11.6 Å². The molecular formula is C16H19NO5. The van der Waals surface area contributed by atoms with Crippen molar-refractivity contribution in [2.24, 2.45) is 5.92 Å². The summed E-state index contributed by atoms with van der Waals surface area (Å²) in [5.74, 6) is -1.07. The number of nitrogens with one attached hydrogen (secondary N) is 1. The van der Waals surface area contributed by atoms with Gasteiger partial charge in [0.2, 0.25) is 5.91 Å². The van der Waals surface area contributed by atoms with Crippen molar-refractivity contribution in [1.82, 2.24) is 0 Å². The number of rotatable bonds is 6. The Morgan fingerprint density at radius 1 is 1.18 bits per heavy atom. The number of carbonyl (C=O) groups excluding carboxylic acids is 3. The minimum Gasteiger partial charge on any atom is -0.460 e. The lowest BCUT2D eigenvalue weighted by atomic mass is 10.2. The van der Waals surface area contributed by atoms with E-state index in [-0.39, 0.29) is 17.9 Å². The van der Waals surface area contributed by atoms with Crippen molar-refractivity contribution in [2.75, 3.05) is 11.9 Å². The third-order valence-corrected chi connectivity index (χ3v) is 3.02. The smallest absolute Gasteiger partial charge is 0.344 e. The van der Waals surface area contributed by atoms with Crippen LogP contribution in [0.15, 0.2) is 24.3 Å². The second kappa shape index (κ2) is 7.06. The number of ether oxygens (including phenoxy) is 2. The molecule has 0 bridgehead atoms. The molecule has 0 aromatic heterocycles. The standard InChI is InChI=1S/C16H19NO5/c1-10(2)22-14(18)9-21-16(20)12-5-7-13(8-6-12)17-15(19)11-3-4-11/h5-8,10-11H,3-4,9H2,1-2H3,(H,17,19). The Labute approximate surface area is 128 Å². The molecule has 0 spiro atoms. The van der Waals surface area contributed by atoms with Gasteiger partial charge in [0.15, 0.2) is 6.61 Å². The van der Waals surface area contributed by atoms with E-state index in [1.54, 1.807) is 38.1 Å². The molecule has 22 heavy (non-hydrogen) atoms. The minimum atomic E-state index is -0.610. The summed E-state index contributed by atoms with van der Waals surface area (Å²) < 4.78 is 9.72. The Hall–Kier alpha value is -2.37. The summed E-state index contributed by atoms with van der Waals surface area (Å²) in [5.41, 5.74) is 0.939. The molecule has 1 saturated carbocycles. The van der Waals surface area contributed by atoms with Crippen LogP contribution in [-0.4, -0.2) is 30.6 Å². The van der Waals surface area contributed by atoms with Crippen LogP contribution >= 0.6 is 0 Å². The van der Waals surface area contributed by atoms with Crippen molar-refractivity contribution in [3.8, 4) is 0 Å². The molecule has 0 heterocycles. The number of amides is 1. The summed E-state index contributed by atoms with van der Waals surface area (Å²) >= 11 is 0. The predicted octanol–water partition coefficient (Wildman–Crippen LogP) is 2.14. The molecule has 1 amide bonds. The normalized spacial score (nSPS) is 13.6. The van der Waals surface area contributed by atoms with Gasteiger partial charge < -0.3 is 14.8 Å².